The predicted molar refractivity (Wildman–Crippen MR) is 152 cm³/mol. The van der Waals surface area contributed by atoms with Crippen molar-refractivity contribution in [2.24, 2.45) is 22.8 Å². The molecule has 11 heteroatoms. The number of likely N-dealkylation sites (tertiary alicyclic amines) is 1. The largest absolute Gasteiger partial charge is 0.375 e. The van der Waals surface area contributed by atoms with E-state index < -0.39 is 12.1 Å². The van der Waals surface area contributed by atoms with Crippen LogP contribution in [0.15, 0.2) is 34.9 Å². The second-order valence-corrected chi connectivity index (χ2v) is 11.7. The Morgan fingerprint density at radius 2 is 2.13 bits per heavy atom. The molecule has 0 radical (unpaired) electrons. The van der Waals surface area contributed by atoms with Crippen molar-refractivity contribution in [2.75, 3.05) is 19.6 Å². The molecule has 3 fully saturated rings. The Labute approximate surface area is 232 Å². The van der Waals surface area contributed by atoms with E-state index in [9.17, 15) is 14.4 Å². The van der Waals surface area contributed by atoms with E-state index in [1.165, 1.54) is 36.9 Å². The van der Waals surface area contributed by atoms with Crippen LogP contribution in [-0.4, -0.2) is 71.7 Å². The van der Waals surface area contributed by atoms with Gasteiger partial charge >= 0.3 is 0 Å². The first-order valence-corrected chi connectivity index (χ1v) is 14.8. The Bertz CT molecular complexity index is 1220. The topological polar surface area (TPSA) is 142 Å². The first-order valence-electron chi connectivity index (χ1n) is 14.0. The minimum absolute atomic E-state index is 0.0452. The summed E-state index contributed by atoms with van der Waals surface area (Å²) in [5.41, 5.74) is 1.22. The number of rotatable bonds is 10. The minimum atomic E-state index is -0.772. The van der Waals surface area contributed by atoms with Gasteiger partial charge in [0.1, 0.15) is 18.3 Å². The zero-order chi connectivity index (χ0) is 27.2. The van der Waals surface area contributed by atoms with Crippen LogP contribution in [0, 0.1) is 11.8 Å². The zero-order valence-electron chi connectivity index (χ0n) is 22.1. The van der Waals surface area contributed by atoms with Gasteiger partial charge in [-0.25, -0.2) is 9.78 Å². The number of nitrogens with one attached hydrogen (secondary N) is 3. The number of fused-ring (bicyclic) bond motifs is 2. The van der Waals surface area contributed by atoms with Crippen LogP contribution in [0.3, 0.4) is 0 Å². The fourth-order valence-electron chi connectivity index (χ4n) is 6.54. The molecule has 5 N–H and O–H groups in total. The van der Waals surface area contributed by atoms with Crippen molar-refractivity contribution >= 4 is 45.5 Å². The fourth-order valence-corrected chi connectivity index (χ4v) is 7.50. The number of hydrogen-bond acceptors (Lipinski definition) is 9. The maximum Gasteiger partial charge on any atom is 0.243 e. The summed E-state index contributed by atoms with van der Waals surface area (Å²) in [6.45, 7) is 2.08. The van der Waals surface area contributed by atoms with Crippen LogP contribution in [0.4, 0.5) is 0 Å². The molecule has 208 valence electrons. The van der Waals surface area contributed by atoms with Gasteiger partial charge in [0, 0.05) is 18.7 Å². The Hall–Kier alpha value is -3.11. The normalized spacial score (nSPS) is 26.3. The first-order chi connectivity index (χ1) is 19.1. The Morgan fingerprint density at radius 1 is 1.28 bits per heavy atom. The van der Waals surface area contributed by atoms with Gasteiger partial charge in [0.15, 0.2) is 5.01 Å². The molecule has 2 aromatic rings. The maximum absolute atomic E-state index is 13.9. The van der Waals surface area contributed by atoms with Gasteiger partial charge in [-0.1, -0.05) is 31.4 Å². The van der Waals surface area contributed by atoms with Crippen molar-refractivity contribution in [1.29, 1.82) is 0 Å². The quantitative estimate of drug-likeness (QED) is 0.0670. The average Bonchev–Trinajstić information content (AvgIpc) is 3.60. The molecule has 1 aromatic carbocycles. The molecule has 0 unspecified atom stereocenters. The summed E-state index contributed by atoms with van der Waals surface area (Å²) in [6, 6.07) is 6.11. The fraction of sp³-hybridized carbons (Fsp3) is 0.571. The van der Waals surface area contributed by atoms with Crippen molar-refractivity contribution in [2.45, 2.75) is 69.6 Å². The van der Waals surface area contributed by atoms with Gasteiger partial charge in [0.2, 0.25) is 11.7 Å². The maximum atomic E-state index is 13.9. The van der Waals surface area contributed by atoms with Gasteiger partial charge in [0.25, 0.3) is 0 Å². The first kappa shape index (κ1) is 27.5. The van der Waals surface area contributed by atoms with Gasteiger partial charge in [-0.2, -0.15) is 5.10 Å². The van der Waals surface area contributed by atoms with Crippen LogP contribution < -0.4 is 21.8 Å². The molecule has 10 nitrogen and oxygen atoms in total. The number of nitrogens with zero attached hydrogens (tertiary/aromatic N) is 3. The number of aromatic nitrogens is 1. The van der Waals surface area contributed by atoms with Crippen LogP contribution in [0.5, 0.6) is 0 Å². The molecule has 0 bridgehead atoms. The van der Waals surface area contributed by atoms with Crippen molar-refractivity contribution in [3.8, 4) is 0 Å². The molecular weight excluding hydrogens is 514 g/mol. The number of amides is 1. The number of thiazole rings is 1. The Morgan fingerprint density at radius 3 is 2.95 bits per heavy atom. The lowest BCUT2D eigenvalue weighted by atomic mass is 9.73. The van der Waals surface area contributed by atoms with E-state index in [1.807, 2.05) is 24.3 Å². The van der Waals surface area contributed by atoms with Gasteiger partial charge in [-0.05, 0) is 62.6 Å². The summed E-state index contributed by atoms with van der Waals surface area (Å²) < 4.78 is 0.922. The summed E-state index contributed by atoms with van der Waals surface area (Å²) in [5.74, 6) is 7.79. The van der Waals surface area contributed by atoms with E-state index >= 15 is 0 Å². The second kappa shape index (κ2) is 12.8. The van der Waals surface area contributed by atoms with Gasteiger partial charge in [0.05, 0.1) is 22.4 Å². The highest BCUT2D eigenvalue weighted by molar-refractivity contribution is 7.20. The third-order valence-electron chi connectivity index (χ3n) is 8.40. The van der Waals surface area contributed by atoms with Crippen molar-refractivity contribution < 1.29 is 14.4 Å². The number of ketones is 1. The smallest absolute Gasteiger partial charge is 0.243 e. The summed E-state index contributed by atoms with van der Waals surface area (Å²) >= 11 is 1.33. The summed E-state index contributed by atoms with van der Waals surface area (Å²) in [7, 11) is 0. The number of hydrazone groups is 1. The minimum Gasteiger partial charge on any atom is -0.375 e. The van der Waals surface area contributed by atoms with E-state index in [0.29, 0.717) is 54.8 Å². The lowest BCUT2D eigenvalue weighted by Gasteiger charge is -2.47. The SMILES string of the molecule is NN=CNCCC[C@H](NC(=O)[C@@H]1C(=C=O)CCN1[C@H]1NCC[C@@H]2CCCC[C@@H]21)C(=O)c1nc2ccccc2s1. The lowest BCUT2D eigenvalue weighted by molar-refractivity contribution is -0.127. The van der Waals surface area contributed by atoms with Gasteiger partial charge in [-0.15, -0.1) is 11.3 Å². The molecular formula is C28H37N7O3S. The molecule has 3 heterocycles. The summed E-state index contributed by atoms with van der Waals surface area (Å²) in [6.07, 6.45) is 8.94. The third kappa shape index (κ3) is 6.06. The predicted octanol–water partition coefficient (Wildman–Crippen LogP) is 2.19. The number of nitrogens with two attached hydrogens (primary N) is 1. The molecule has 2 saturated heterocycles. The third-order valence-corrected chi connectivity index (χ3v) is 9.45. The van der Waals surface area contributed by atoms with E-state index in [1.54, 1.807) is 0 Å². The van der Waals surface area contributed by atoms with Crippen LogP contribution in [0.25, 0.3) is 10.2 Å². The molecule has 1 aliphatic carbocycles. The molecule has 1 aromatic heterocycles. The number of Topliss-reactive ketones (excluding diaryl/α,β-unsaturated/α-hetero) is 1. The molecule has 1 saturated carbocycles. The van der Waals surface area contributed by atoms with Crippen LogP contribution >= 0.6 is 11.3 Å². The Kier molecular flexibility index (Phi) is 9.03. The zero-order valence-corrected chi connectivity index (χ0v) is 22.9. The average molecular weight is 552 g/mol. The van der Waals surface area contributed by atoms with Gasteiger partial charge < -0.3 is 21.8 Å². The van der Waals surface area contributed by atoms with E-state index in [2.05, 4.69) is 36.9 Å². The highest BCUT2D eigenvalue weighted by Gasteiger charge is 2.46. The van der Waals surface area contributed by atoms with Crippen LogP contribution in [0.1, 0.15) is 61.2 Å². The van der Waals surface area contributed by atoms with E-state index in [-0.39, 0.29) is 17.9 Å². The Balaban J connectivity index is 1.36. The second-order valence-electron chi connectivity index (χ2n) is 10.7. The van der Waals surface area contributed by atoms with Crippen molar-refractivity contribution in [3.63, 3.8) is 0 Å². The van der Waals surface area contributed by atoms with E-state index in [4.69, 9.17) is 5.84 Å². The number of carbonyl (C=O) groups excluding carboxylic acids is 3. The van der Waals surface area contributed by atoms with Crippen molar-refractivity contribution in [1.82, 2.24) is 25.8 Å². The number of para-hydroxylation sites is 1. The molecule has 0 spiro atoms. The van der Waals surface area contributed by atoms with Crippen LogP contribution in [-0.2, 0) is 9.59 Å². The summed E-state index contributed by atoms with van der Waals surface area (Å²) in [4.78, 5) is 46.2. The molecule has 5 rings (SSSR count). The van der Waals surface area contributed by atoms with E-state index in [0.717, 1.165) is 29.6 Å². The number of piperidine rings is 1. The number of benzene rings is 1. The van der Waals surface area contributed by atoms with Crippen LogP contribution in [0.2, 0.25) is 0 Å². The highest BCUT2D eigenvalue weighted by atomic mass is 32.1. The number of hydrogen-bond donors (Lipinski definition) is 4. The lowest BCUT2D eigenvalue weighted by Crippen LogP contribution is -2.61. The molecule has 1 amide bonds. The monoisotopic (exact) mass is 551 g/mol. The summed E-state index contributed by atoms with van der Waals surface area (Å²) in [5, 5.41) is 13.4. The number of carbonyl (C=O) groups is 2. The molecule has 5 atom stereocenters. The van der Waals surface area contributed by atoms with Gasteiger partial charge in [-0.3, -0.25) is 14.5 Å². The van der Waals surface area contributed by atoms with Crippen molar-refractivity contribution in [3.05, 3.63) is 34.8 Å². The standard InChI is InChI=1S/C28H37N7O3S/c29-32-17-30-13-5-9-22(25(37)28-34-21-8-3-4-10-23(21)39-28)33-27(38)24-19(16-36)12-15-35(24)26-20-7-2-1-6-18(20)11-14-31-26/h3-4,8,10,17-18,20,22,24,26,31H,1-2,5-7,9,11-15,29H2,(H,30,32)(H,33,38)/t18-,20-,22-,24-,26+/m0/s1. The molecule has 3 aliphatic rings. The molecule has 39 heavy (non-hydrogen) atoms. The highest BCUT2D eigenvalue weighted by Crippen LogP contribution is 2.40. The molecule has 2 aliphatic heterocycles.